The Morgan fingerprint density at radius 1 is 1.41 bits per heavy atom. The summed E-state index contributed by atoms with van der Waals surface area (Å²) < 4.78 is 0. The number of rotatable bonds is 6. The molecular formula is C15H22ClN3O3. The van der Waals surface area contributed by atoms with Gasteiger partial charge in [-0.1, -0.05) is 12.1 Å². The van der Waals surface area contributed by atoms with Crippen molar-refractivity contribution in [2.75, 3.05) is 6.54 Å². The van der Waals surface area contributed by atoms with Crippen molar-refractivity contribution in [1.82, 2.24) is 5.32 Å². The number of nitro groups is 1. The minimum absolute atomic E-state index is 0. The zero-order valence-electron chi connectivity index (χ0n) is 12.7. The van der Waals surface area contributed by atoms with Crippen LogP contribution in [0.15, 0.2) is 24.3 Å². The number of non-ortho nitro benzene ring substituents is 1. The van der Waals surface area contributed by atoms with Gasteiger partial charge in [0, 0.05) is 24.7 Å². The highest BCUT2D eigenvalue weighted by Crippen LogP contribution is 2.31. The molecule has 0 saturated heterocycles. The molecule has 0 aliphatic heterocycles. The highest BCUT2D eigenvalue weighted by molar-refractivity contribution is 5.87. The molecule has 1 unspecified atom stereocenters. The average molecular weight is 328 g/mol. The van der Waals surface area contributed by atoms with E-state index in [0.29, 0.717) is 12.5 Å². The molecule has 0 heterocycles. The fourth-order valence-electron chi connectivity index (χ4n) is 2.25. The lowest BCUT2D eigenvalue weighted by Gasteiger charge is -2.25. The Hall–Kier alpha value is -1.66. The van der Waals surface area contributed by atoms with Gasteiger partial charge in [-0.25, -0.2) is 0 Å². The zero-order valence-corrected chi connectivity index (χ0v) is 13.6. The largest absolute Gasteiger partial charge is 0.354 e. The van der Waals surface area contributed by atoms with Gasteiger partial charge in [0.05, 0.1) is 10.3 Å². The van der Waals surface area contributed by atoms with Crippen LogP contribution in [0.2, 0.25) is 0 Å². The van der Waals surface area contributed by atoms with E-state index in [0.717, 1.165) is 18.4 Å². The molecular weight excluding hydrogens is 306 g/mol. The van der Waals surface area contributed by atoms with Crippen LogP contribution in [-0.4, -0.2) is 23.4 Å². The van der Waals surface area contributed by atoms with Crippen molar-refractivity contribution in [3.63, 3.8) is 0 Å². The lowest BCUT2D eigenvalue weighted by Crippen LogP contribution is -2.45. The number of amides is 1. The molecule has 1 aliphatic rings. The Morgan fingerprint density at radius 2 is 1.95 bits per heavy atom. The van der Waals surface area contributed by atoms with Crippen LogP contribution < -0.4 is 11.1 Å². The fourth-order valence-corrected chi connectivity index (χ4v) is 2.25. The number of halogens is 1. The highest BCUT2D eigenvalue weighted by Gasteiger charge is 2.32. The molecule has 1 aromatic carbocycles. The van der Waals surface area contributed by atoms with Gasteiger partial charge in [0.1, 0.15) is 0 Å². The van der Waals surface area contributed by atoms with Crippen LogP contribution in [0.25, 0.3) is 0 Å². The molecule has 1 atom stereocenters. The van der Waals surface area contributed by atoms with E-state index in [2.05, 4.69) is 5.32 Å². The highest BCUT2D eigenvalue weighted by atomic mass is 35.5. The minimum atomic E-state index is -0.752. The zero-order chi connectivity index (χ0) is 15.6. The molecule has 1 aromatic rings. The number of carbonyl (C=O) groups is 1. The summed E-state index contributed by atoms with van der Waals surface area (Å²) in [6, 6.07) is 6.10. The minimum Gasteiger partial charge on any atom is -0.354 e. The van der Waals surface area contributed by atoms with Gasteiger partial charge in [-0.15, -0.1) is 12.4 Å². The van der Waals surface area contributed by atoms with Gasteiger partial charge in [-0.2, -0.15) is 0 Å². The first-order valence-corrected chi connectivity index (χ1v) is 7.11. The van der Waals surface area contributed by atoms with Crippen LogP contribution in [-0.2, 0) is 10.2 Å². The topological polar surface area (TPSA) is 98.3 Å². The SMILES string of the molecule is CC(C)(C(=O)NCC(N)C1CC1)c1ccc([N+](=O)[O-])cc1.Cl. The monoisotopic (exact) mass is 327 g/mol. The van der Waals surface area contributed by atoms with Crippen LogP contribution in [0.1, 0.15) is 32.3 Å². The molecule has 0 spiro atoms. The standard InChI is InChI=1S/C15H21N3O3.ClH/c1-15(2,11-5-7-12(8-6-11)18(20)21)14(19)17-9-13(16)10-3-4-10;/h5-8,10,13H,3-4,9,16H2,1-2H3,(H,17,19);1H. The second-order valence-corrected chi connectivity index (χ2v) is 6.14. The summed E-state index contributed by atoms with van der Waals surface area (Å²) in [4.78, 5) is 22.5. The van der Waals surface area contributed by atoms with Crippen molar-refractivity contribution in [1.29, 1.82) is 0 Å². The number of nitro benzene ring substituents is 1. The van der Waals surface area contributed by atoms with E-state index >= 15 is 0 Å². The van der Waals surface area contributed by atoms with Crippen molar-refractivity contribution in [2.45, 2.75) is 38.1 Å². The average Bonchev–Trinajstić information content (AvgIpc) is 3.28. The summed E-state index contributed by atoms with van der Waals surface area (Å²) in [5.41, 5.74) is 5.98. The summed E-state index contributed by atoms with van der Waals surface area (Å²) in [5.74, 6) is 0.417. The molecule has 1 aliphatic carbocycles. The van der Waals surface area contributed by atoms with Crippen molar-refractivity contribution < 1.29 is 9.72 Å². The van der Waals surface area contributed by atoms with Crippen LogP contribution in [0.3, 0.4) is 0 Å². The third kappa shape index (κ3) is 4.18. The van der Waals surface area contributed by atoms with E-state index in [1.165, 1.54) is 12.1 Å². The number of benzene rings is 1. The second kappa shape index (κ2) is 7.07. The van der Waals surface area contributed by atoms with Crippen LogP contribution in [0, 0.1) is 16.0 Å². The molecule has 0 aromatic heterocycles. The molecule has 3 N–H and O–H groups in total. The Kier molecular flexibility index (Phi) is 5.91. The maximum Gasteiger partial charge on any atom is 0.269 e. The second-order valence-electron chi connectivity index (χ2n) is 6.14. The molecule has 2 rings (SSSR count). The van der Waals surface area contributed by atoms with E-state index in [4.69, 9.17) is 5.73 Å². The predicted molar refractivity (Wildman–Crippen MR) is 87.1 cm³/mol. The van der Waals surface area contributed by atoms with Crippen molar-refractivity contribution in [2.24, 2.45) is 11.7 Å². The number of nitrogens with two attached hydrogens (primary N) is 1. The Labute approximate surface area is 136 Å². The summed E-state index contributed by atoms with van der Waals surface area (Å²) >= 11 is 0. The number of hydrogen-bond donors (Lipinski definition) is 2. The first kappa shape index (κ1) is 18.4. The lowest BCUT2D eigenvalue weighted by atomic mass is 9.83. The van der Waals surface area contributed by atoms with Crippen LogP contribution in [0.4, 0.5) is 5.69 Å². The maximum absolute atomic E-state index is 12.3. The molecule has 1 saturated carbocycles. The molecule has 122 valence electrons. The predicted octanol–water partition coefficient (Wildman–Crippen LogP) is 2.15. The normalized spacial score (nSPS) is 15.6. The Morgan fingerprint density at radius 3 is 2.41 bits per heavy atom. The molecule has 6 nitrogen and oxygen atoms in total. The third-order valence-electron chi connectivity index (χ3n) is 4.09. The van der Waals surface area contributed by atoms with Crippen molar-refractivity contribution >= 4 is 24.0 Å². The summed E-state index contributed by atoms with van der Waals surface area (Å²) in [7, 11) is 0. The number of carbonyl (C=O) groups excluding carboxylic acids is 1. The molecule has 0 bridgehead atoms. The third-order valence-corrected chi connectivity index (χ3v) is 4.09. The van der Waals surface area contributed by atoms with Gasteiger partial charge in [-0.05, 0) is 38.2 Å². The number of nitrogens with one attached hydrogen (secondary N) is 1. The first-order chi connectivity index (χ1) is 9.82. The lowest BCUT2D eigenvalue weighted by molar-refractivity contribution is -0.384. The first-order valence-electron chi connectivity index (χ1n) is 7.11. The molecule has 1 amide bonds. The summed E-state index contributed by atoms with van der Waals surface area (Å²) in [6.45, 7) is 4.07. The summed E-state index contributed by atoms with van der Waals surface area (Å²) in [6.07, 6.45) is 2.28. The Bertz CT molecular complexity index is 541. The molecule has 1 fully saturated rings. The molecule has 0 radical (unpaired) electrons. The van der Waals surface area contributed by atoms with E-state index in [-0.39, 0.29) is 30.0 Å². The van der Waals surface area contributed by atoms with E-state index < -0.39 is 10.3 Å². The fraction of sp³-hybridized carbons (Fsp3) is 0.533. The van der Waals surface area contributed by atoms with Gasteiger partial charge >= 0.3 is 0 Å². The smallest absolute Gasteiger partial charge is 0.269 e. The van der Waals surface area contributed by atoms with E-state index in [9.17, 15) is 14.9 Å². The maximum atomic E-state index is 12.3. The van der Waals surface area contributed by atoms with Crippen molar-refractivity contribution in [3.05, 3.63) is 39.9 Å². The van der Waals surface area contributed by atoms with Crippen molar-refractivity contribution in [3.8, 4) is 0 Å². The van der Waals surface area contributed by atoms with Gasteiger partial charge < -0.3 is 11.1 Å². The Balaban J connectivity index is 0.00000242. The van der Waals surface area contributed by atoms with Gasteiger partial charge in [0.2, 0.25) is 5.91 Å². The van der Waals surface area contributed by atoms with Crippen LogP contribution in [0.5, 0.6) is 0 Å². The molecule has 22 heavy (non-hydrogen) atoms. The van der Waals surface area contributed by atoms with Gasteiger partial charge in [0.15, 0.2) is 0 Å². The number of nitrogens with zero attached hydrogens (tertiary/aromatic N) is 1. The van der Waals surface area contributed by atoms with Gasteiger partial charge in [0.25, 0.3) is 5.69 Å². The summed E-state index contributed by atoms with van der Waals surface area (Å²) in [5, 5.41) is 13.5. The van der Waals surface area contributed by atoms with Crippen LogP contribution >= 0.6 is 12.4 Å². The van der Waals surface area contributed by atoms with E-state index in [1.54, 1.807) is 26.0 Å². The van der Waals surface area contributed by atoms with E-state index in [1.807, 2.05) is 0 Å². The quantitative estimate of drug-likeness (QED) is 0.617. The number of hydrogen-bond acceptors (Lipinski definition) is 4. The molecule has 7 heteroatoms. The van der Waals surface area contributed by atoms with Gasteiger partial charge in [-0.3, -0.25) is 14.9 Å².